The van der Waals surface area contributed by atoms with E-state index in [1.165, 1.54) is 0 Å². The van der Waals surface area contributed by atoms with Gasteiger partial charge in [-0.3, -0.25) is 9.78 Å². The normalized spacial score (nSPS) is 12.1. The van der Waals surface area contributed by atoms with Crippen molar-refractivity contribution in [3.05, 3.63) is 84.1 Å². The second kappa shape index (κ2) is 13.9. The largest absolute Gasteiger partial charge is 0.490 e. The van der Waals surface area contributed by atoms with Gasteiger partial charge in [-0.15, -0.1) is 0 Å². The van der Waals surface area contributed by atoms with Gasteiger partial charge < -0.3 is 19.6 Å². The number of carbonyl (C=O) groups excluding carboxylic acids is 1. The number of likely N-dealkylation sites (N-methyl/N-ethyl adjacent to an activating group) is 1. The van der Waals surface area contributed by atoms with Crippen molar-refractivity contribution in [3.63, 3.8) is 0 Å². The highest BCUT2D eigenvalue weighted by molar-refractivity contribution is 5.98. The minimum Gasteiger partial charge on any atom is -0.490 e. The van der Waals surface area contributed by atoms with Crippen molar-refractivity contribution < 1.29 is 19.1 Å². The predicted molar refractivity (Wildman–Crippen MR) is 138 cm³/mol. The highest BCUT2D eigenvalue weighted by Gasteiger charge is 2.18. The first-order chi connectivity index (χ1) is 17.1. The number of rotatable bonds is 13. The van der Waals surface area contributed by atoms with Gasteiger partial charge in [0.1, 0.15) is 18.4 Å². The van der Waals surface area contributed by atoms with Crippen molar-refractivity contribution in [2.45, 2.75) is 33.2 Å². The summed E-state index contributed by atoms with van der Waals surface area (Å²) in [5.41, 5.74) is 4.80. The number of carbonyl (C=O) groups is 1. The van der Waals surface area contributed by atoms with Crippen LogP contribution in [0.2, 0.25) is 0 Å². The molecular weight excluding hydrogens is 442 g/mol. The third-order valence-electron chi connectivity index (χ3n) is 5.29. The number of esters is 1. The molecule has 7 heteroatoms. The van der Waals surface area contributed by atoms with Crippen molar-refractivity contribution in [2.75, 3.05) is 26.4 Å². The lowest BCUT2D eigenvalue weighted by atomic mass is 10.1. The van der Waals surface area contributed by atoms with Crippen LogP contribution in [0.15, 0.2) is 78.1 Å². The summed E-state index contributed by atoms with van der Waals surface area (Å²) in [4.78, 5) is 21.9. The molecule has 1 heterocycles. The maximum atomic E-state index is 12.1. The van der Waals surface area contributed by atoms with Crippen molar-refractivity contribution in [3.8, 4) is 17.0 Å². The molecule has 7 nitrogen and oxygen atoms in total. The third kappa shape index (κ3) is 8.22. The quantitative estimate of drug-likeness (QED) is 0.168. The maximum absolute atomic E-state index is 12.1. The van der Waals surface area contributed by atoms with Crippen LogP contribution in [0.4, 0.5) is 0 Å². The molecule has 0 spiro atoms. The molecule has 1 aromatic heterocycles. The van der Waals surface area contributed by atoms with E-state index in [9.17, 15) is 4.79 Å². The molecule has 0 bridgehead atoms. The minimum absolute atomic E-state index is 0.230. The zero-order chi connectivity index (χ0) is 24.9. The van der Waals surface area contributed by atoms with Gasteiger partial charge in [0.05, 0.1) is 18.0 Å². The molecule has 1 atom stereocenters. The average molecular weight is 476 g/mol. The molecule has 1 N–H and O–H groups in total. The maximum Gasteiger partial charge on any atom is 0.323 e. The van der Waals surface area contributed by atoms with Crippen LogP contribution in [0.5, 0.6) is 5.75 Å². The summed E-state index contributed by atoms with van der Waals surface area (Å²) in [5.74, 6) is 0.506. The summed E-state index contributed by atoms with van der Waals surface area (Å²) in [6.07, 6.45) is 2.35. The molecule has 0 radical (unpaired) electrons. The molecule has 0 saturated carbocycles. The lowest BCUT2D eigenvalue weighted by Crippen LogP contribution is -2.39. The summed E-state index contributed by atoms with van der Waals surface area (Å²) in [6.45, 7) is 7.46. The first-order valence-corrected chi connectivity index (χ1v) is 11.9. The third-order valence-corrected chi connectivity index (χ3v) is 5.29. The van der Waals surface area contributed by atoms with Gasteiger partial charge in [-0.05, 0) is 62.2 Å². The van der Waals surface area contributed by atoms with Crippen LogP contribution >= 0.6 is 0 Å². The monoisotopic (exact) mass is 475 g/mol. The van der Waals surface area contributed by atoms with Crippen LogP contribution in [0.3, 0.4) is 0 Å². The number of pyridine rings is 1. The van der Waals surface area contributed by atoms with Crippen molar-refractivity contribution in [1.82, 2.24) is 10.3 Å². The Labute approximate surface area is 207 Å². The Morgan fingerprint density at radius 1 is 1.00 bits per heavy atom. The summed E-state index contributed by atoms with van der Waals surface area (Å²) in [6, 6.07) is 21.3. The van der Waals surface area contributed by atoms with E-state index in [2.05, 4.69) is 15.5 Å². The molecule has 0 fully saturated rings. The molecule has 0 amide bonds. The minimum atomic E-state index is -0.354. The highest BCUT2D eigenvalue weighted by Crippen LogP contribution is 2.17. The Morgan fingerprint density at radius 3 is 2.43 bits per heavy atom. The first-order valence-electron chi connectivity index (χ1n) is 11.9. The van der Waals surface area contributed by atoms with Gasteiger partial charge in [0, 0.05) is 11.8 Å². The van der Waals surface area contributed by atoms with Gasteiger partial charge >= 0.3 is 5.97 Å². The highest BCUT2D eigenvalue weighted by atomic mass is 16.6. The summed E-state index contributed by atoms with van der Waals surface area (Å²) >= 11 is 0. The van der Waals surface area contributed by atoms with Crippen LogP contribution in [0.1, 0.15) is 31.9 Å². The molecule has 1 unspecified atom stereocenters. The number of nitrogens with one attached hydrogen (secondary N) is 1. The van der Waals surface area contributed by atoms with Gasteiger partial charge in [0.25, 0.3) is 0 Å². The van der Waals surface area contributed by atoms with Gasteiger partial charge in [-0.2, -0.15) is 0 Å². The number of aromatic nitrogens is 1. The van der Waals surface area contributed by atoms with Crippen molar-refractivity contribution in [2.24, 2.45) is 5.16 Å². The second-order valence-corrected chi connectivity index (χ2v) is 7.86. The fourth-order valence-corrected chi connectivity index (χ4v) is 3.49. The van der Waals surface area contributed by atoms with Gasteiger partial charge in [0.2, 0.25) is 0 Å². The van der Waals surface area contributed by atoms with E-state index >= 15 is 0 Å². The zero-order valence-electron chi connectivity index (χ0n) is 20.6. The molecule has 0 aliphatic carbocycles. The number of hydrogen-bond acceptors (Lipinski definition) is 7. The second-order valence-electron chi connectivity index (χ2n) is 7.86. The van der Waals surface area contributed by atoms with Gasteiger partial charge in [0.15, 0.2) is 6.61 Å². The molecule has 3 rings (SSSR count). The van der Waals surface area contributed by atoms with Gasteiger partial charge in [-0.1, -0.05) is 54.5 Å². The Hall–Kier alpha value is -3.71. The topological polar surface area (TPSA) is 82.0 Å². The first kappa shape index (κ1) is 25.9. The van der Waals surface area contributed by atoms with Crippen LogP contribution in [0, 0.1) is 0 Å². The SMILES string of the molecule is CCNC(Cc1ccc(OCCON=C(C)c2ccc(-c3ccccn3)cc2)cc1)C(=O)OCC. The Morgan fingerprint density at radius 2 is 1.77 bits per heavy atom. The molecule has 0 aliphatic rings. The Kier molecular flexibility index (Phi) is 10.3. The van der Waals surface area contributed by atoms with E-state index in [0.717, 1.165) is 33.8 Å². The summed E-state index contributed by atoms with van der Waals surface area (Å²) in [7, 11) is 0. The van der Waals surface area contributed by atoms with Crippen molar-refractivity contribution >= 4 is 11.7 Å². The smallest absolute Gasteiger partial charge is 0.323 e. The number of hydrogen-bond donors (Lipinski definition) is 1. The number of nitrogens with zero attached hydrogens (tertiary/aromatic N) is 2. The molecule has 3 aromatic rings. The van der Waals surface area contributed by atoms with E-state index in [0.29, 0.717) is 32.8 Å². The van der Waals surface area contributed by atoms with Crippen LogP contribution in [-0.2, 0) is 20.8 Å². The van der Waals surface area contributed by atoms with Crippen LogP contribution in [-0.4, -0.2) is 49.1 Å². The Balaban J connectivity index is 1.42. The fourth-order valence-electron chi connectivity index (χ4n) is 3.49. The van der Waals surface area contributed by atoms with Gasteiger partial charge in [-0.25, -0.2) is 0 Å². The zero-order valence-corrected chi connectivity index (χ0v) is 20.6. The fraction of sp³-hybridized carbons (Fsp3) is 0.321. The molecule has 35 heavy (non-hydrogen) atoms. The number of oxime groups is 1. The van der Waals surface area contributed by atoms with E-state index < -0.39 is 0 Å². The Bertz CT molecular complexity index is 1070. The van der Waals surface area contributed by atoms with E-state index in [4.69, 9.17) is 14.3 Å². The molecule has 0 aliphatic heterocycles. The number of benzene rings is 2. The van der Waals surface area contributed by atoms with E-state index in [-0.39, 0.29) is 12.0 Å². The molecule has 0 saturated heterocycles. The van der Waals surface area contributed by atoms with E-state index in [1.54, 1.807) is 6.20 Å². The summed E-state index contributed by atoms with van der Waals surface area (Å²) < 4.78 is 10.9. The lowest BCUT2D eigenvalue weighted by Gasteiger charge is -2.16. The van der Waals surface area contributed by atoms with Crippen molar-refractivity contribution in [1.29, 1.82) is 0 Å². The lowest BCUT2D eigenvalue weighted by molar-refractivity contribution is -0.145. The summed E-state index contributed by atoms with van der Waals surface area (Å²) in [5, 5.41) is 7.37. The molecule has 184 valence electrons. The van der Waals surface area contributed by atoms with Crippen LogP contribution < -0.4 is 10.1 Å². The number of ether oxygens (including phenoxy) is 2. The van der Waals surface area contributed by atoms with E-state index in [1.807, 2.05) is 87.5 Å². The molecular formula is C28H33N3O4. The van der Waals surface area contributed by atoms with Crippen LogP contribution in [0.25, 0.3) is 11.3 Å². The predicted octanol–water partition coefficient (Wildman–Crippen LogP) is 4.65. The standard InChI is InChI=1S/C28H33N3O4/c1-4-29-27(28(32)33-5-2)20-22-9-15-25(16-10-22)34-18-19-35-31-21(3)23-11-13-24(14-12-23)26-8-6-7-17-30-26/h6-17,27,29H,4-5,18-20H2,1-3H3. The molecule has 2 aromatic carbocycles. The average Bonchev–Trinajstić information content (AvgIpc) is 2.90.